The molecule has 0 saturated heterocycles. The molecular formula is C40H76O2. The van der Waals surface area contributed by atoms with Gasteiger partial charge in [-0.3, -0.25) is 0 Å². The SMILES string of the molecule is C=C(C)C(=O)O/C(=C/CCCCCCCCCCCCCCCCCC)CCCCCCCCCCCCCCCC. The van der Waals surface area contributed by atoms with E-state index < -0.39 is 0 Å². The first-order valence-electron chi connectivity index (χ1n) is 19.2. The summed E-state index contributed by atoms with van der Waals surface area (Å²) in [5.41, 5.74) is 0.490. The lowest BCUT2D eigenvalue weighted by molar-refractivity contribution is -0.135. The van der Waals surface area contributed by atoms with Crippen LogP contribution in [0.1, 0.15) is 226 Å². The first-order chi connectivity index (χ1) is 20.6. The normalized spacial score (nSPS) is 11.7. The largest absolute Gasteiger partial charge is 0.428 e. The molecule has 0 amide bonds. The third-order valence-corrected chi connectivity index (χ3v) is 8.78. The number of unbranched alkanes of at least 4 members (excludes halogenated alkanes) is 29. The Kier molecular flexibility index (Phi) is 33.6. The maximum atomic E-state index is 12.1. The van der Waals surface area contributed by atoms with Crippen LogP contribution in [0.5, 0.6) is 0 Å². The van der Waals surface area contributed by atoms with Gasteiger partial charge in [0.2, 0.25) is 0 Å². The van der Waals surface area contributed by atoms with E-state index in [1.165, 1.54) is 186 Å². The van der Waals surface area contributed by atoms with Crippen LogP contribution in [0.15, 0.2) is 24.0 Å². The van der Waals surface area contributed by atoms with Crippen molar-refractivity contribution < 1.29 is 9.53 Å². The maximum absolute atomic E-state index is 12.1. The fourth-order valence-corrected chi connectivity index (χ4v) is 5.85. The summed E-state index contributed by atoms with van der Waals surface area (Å²) in [4.78, 5) is 12.1. The van der Waals surface area contributed by atoms with Crippen molar-refractivity contribution in [3.63, 3.8) is 0 Å². The Morgan fingerprint density at radius 3 is 1.07 bits per heavy atom. The lowest BCUT2D eigenvalue weighted by Gasteiger charge is -2.09. The molecule has 0 fully saturated rings. The van der Waals surface area contributed by atoms with Crippen molar-refractivity contribution >= 4 is 5.97 Å². The highest BCUT2D eigenvalue weighted by atomic mass is 16.5. The Balaban J connectivity index is 3.76. The molecule has 0 atom stereocenters. The molecule has 0 aromatic carbocycles. The predicted molar refractivity (Wildman–Crippen MR) is 188 cm³/mol. The van der Waals surface area contributed by atoms with Crippen molar-refractivity contribution in [3.05, 3.63) is 24.0 Å². The second-order valence-corrected chi connectivity index (χ2v) is 13.3. The molecule has 0 aliphatic carbocycles. The number of ether oxygens (including phenoxy) is 1. The maximum Gasteiger partial charge on any atom is 0.338 e. The van der Waals surface area contributed by atoms with Crippen molar-refractivity contribution in [3.8, 4) is 0 Å². The zero-order valence-corrected chi connectivity index (χ0v) is 29.2. The standard InChI is InChI=1S/C40H76O2/c1-5-7-9-11-13-15-17-19-21-22-23-25-27-29-31-33-35-37-39(42-40(41)38(3)4)36-34-32-30-28-26-24-20-18-16-14-12-10-8-6-2/h37H,3,5-36H2,1-2,4H3/b39-37+. The molecular weight excluding hydrogens is 512 g/mol. The van der Waals surface area contributed by atoms with E-state index in [9.17, 15) is 4.79 Å². The molecule has 0 saturated carbocycles. The van der Waals surface area contributed by atoms with Gasteiger partial charge in [-0.25, -0.2) is 4.79 Å². The van der Waals surface area contributed by atoms with E-state index in [1.54, 1.807) is 6.92 Å². The van der Waals surface area contributed by atoms with Gasteiger partial charge < -0.3 is 4.74 Å². The summed E-state index contributed by atoms with van der Waals surface area (Å²) in [7, 11) is 0. The summed E-state index contributed by atoms with van der Waals surface area (Å²) in [6.45, 7) is 10.1. The van der Waals surface area contributed by atoms with Crippen LogP contribution in [0.3, 0.4) is 0 Å². The Labute approximate surface area is 265 Å². The van der Waals surface area contributed by atoms with Gasteiger partial charge in [0.05, 0.1) is 0 Å². The molecule has 2 nitrogen and oxygen atoms in total. The van der Waals surface area contributed by atoms with Crippen LogP contribution >= 0.6 is 0 Å². The topological polar surface area (TPSA) is 26.3 Å². The summed E-state index contributed by atoms with van der Waals surface area (Å²) in [6.07, 6.45) is 45.5. The molecule has 0 unspecified atom stereocenters. The first-order valence-corrected chi connectivity index (χ1v) is 19.2. The van der Waals surface area contributed by atoms with Crippen LogP contribution in [0.4, 0.5) is 0 Å². The lowest BCUT2D eigenvalue weighted by atomic mass is 10.0. The molecule has 0 bridgehead atoms. The second kappa shape index (κ2) is 34.4. The smallest absolute Gasteiger partial charge is 0.338 e. The molecule has 0 aliphatic rings. The third kappa shape index (κ3) is 31.9. The van der Waals surface area contributed by atoms with Crippen LogP contribution in [0.25, 0.3) is 0 Å². The number of hydrogen-bond donors (Lipinski definition) is 0. The minimum Gasteiger partial charge on any atom is -0.428 e. The van der Waals surface area contributed by atoms with Gasteiger partial charge in [-0.15, -0.1) is 0 Å². The highest BCUT2D eigenvalue weighted by molar-refractivity contribution is 5.87. The van der Waals surface area contributed by atoms with E-state index in [-0.39, 0.29) is 5.97 Å². The molecule has 2 heteroatoms. The fraction of sp³-hybridized carbons (Fsp3) is 0.875. The summed E-state index contributed by atoms with van der Waals surface area (Å²) in [5, 5.41) is 0. The van der Waals surface area contributed by atoms with Crippen molar-refractivity contribution in [1.29, 1.82) is 0 Å². The summed E-state index contributed by atoms with van der Waals surface area (Å²) < 4.78 is 5.68. The third-order valence-electron chi connectivity index (χ3n) is 8.78. The monoisotopic (exact) mass is 589 g/mol. The van der Waals surface area contributed by atoms with Crippen LogP contribution < -0.4 is 0 Å². The Morgan fingerprint density at radius 1 is 0.476 bits per heavy atom. The van der Waals surface area contributed by atoms with Gasteiger partial charge in [-0.2, -0.15) is 0 Å². The number of allylic oxidation sites excluding steroid dienone is 2. The zero-order valence-electron chi connectivity index (χ0n) is 29.2. The molecule has 0 aliphatic heterocycles. The Bertz CT molecular complexity index is 605. The zero-order chi connectivity index (χ0) is 30.8. The van der Waals surface area contributed by atoms with E-state index in [1.807, 2.05) is 0 Å². The van der Waals surface area contributed by atoms with Crippen molar-refractivity contribution in [1.82, 2.24) is 0 Å². The van der Waals surface area contributed by atoms with E-state index in [0.717, 1.165) is 25.0 Å². The average molecular weight is 589 g/mol. The number of hydrogen-bond acceptors (Lipinski definition) is 2. The number of esters is 1. The van der Waals surface area contributed by atoms with E-state index in [0.29, 0.717) is 5.57 Å². The number of carbonyl (C=O) groups excluding carboxylic acids is 1. The second-order valence-electron chi connectivity index (χ2n) is 13.3. The molecule has 0 N–H and O–H groups in total. The molecule has 0 rings (SSSR count). The van der Waals surface area contributed by atoms with Gasteiger partial charge in [0.15, 0.2) is 0 Å². The van der Waals surface area contributed by atoms with Crippen LogP contribution in [0.2, 0.25) is 0 Å². The van der Waals surface area contributed by atoms with Crippen molar-refractivity contribution in [2.45, 2.75) is 226 Å². The fourth-order valence-electron chi connectivity index (χ4n) is 5.85. The summed E-state index contributed by atoms with van der Waals surface area (Å²) in [5.74, 6) is 0.612. The highest BCUT2D eigenvalue weighted by Gasteiger charge is 2.08. The number of rotatable bonds is 34. The van der Waals surface area contributed by atoms with Crippen LogP contribution in [-0.2, 0) is 9.53 Å². The van der Waals surface area contributed by atoms with E-state index in [4.69, 9.17) is 4.74 Å². The van der Waals surface area contributed by atoms with Gasteiger partial charge in [0.25, 0.3) is 0 Å². The average Bonchev–Trinajstić information content (AvgIpc) is 2.98. The molecule has 0 aromatic rings. The minimum atomic E-state index is -0.265. The van der Waals surface area contributed by atoms with Crippen LogP contribution in [0, 0.1) is 0 Å². The summed E-state index contributed by atoms with van der Waals surface area (Å²) >= 11 is 0. The van der Waals surface area contributed by atoms with Gasteiger partial charge in [-0.1, -0.05) is 200 Å². The number of carbonyl (C=O) groups is 1. The van der Waals surface area contributed by atoms with Crippen molar-refractivity contribution in [2.75, 3.05) is 0 Å². The first kappa shape index (κ1) is 41.0. The van der Waals surface area contributed by atoms with E-state index >= 15 is 0 Å². The quantitative estimate of drug-likeness (QED) is 0.0323. The molecule has 248 valence electrons. The van der Waals surface area contributed by atoms with E-state index in [2.05, 4.69) is 26.5 Å². The van der Waals surface area contributed by atoms with Crippen LogP contribution in [-0.4, -0.2) is 5.97 Å². The lowest BCUT2D eigenvalue weighted by Crippen LogP contribution is -2.05. The molecule has 42 heavy (non-hydrogen) atoms. The summed E-state index contributed by atoms with van der Waals surface area (Å²) in [6, 6.07) is 0. The molecule has 0 radical (unpaired) electrons. The Hall–Kier alpha value is -1.05. The van der Waals surface area contributed by atoms with Gasteiger partial charge >= 0.3 is 5.97 Å². The van der Waals surface area contributed by atoms with Gasteiger partial charge in [0.1, 0.15) is 5.76 Å². The molecule has 0 aromatic heterocycles. The Morgan fingerprint density at radius 2 is 0.762 bits per heavy atom. The molecule has 0 heterocycles. The van der Waals surface area contributed by atoms with Gasteiger partial charge in [-0.05, 0) is 32.3 Å². The predicted octanol–water partition coefficient (Wildman–Crippen LogP) is 14.5. The molecule has 0 spiro atoms. The highest BCUT2D eigenvalue weighted by Crippen LogP contribution is 2.18. The minimum absolute atomic E-state index is 0.265. The van der Waals surface area contributed by atoms with Gasteiger partial charge in [0, 0.05) is 12.0 Å². The van der Waals surface area contributed by atoms with Crippen molar-refractivity contribution in [2.24, 2.45) is 0 Å².